The van der Waals surface area contributed by atoms with Gasteiger partial charge in [0.1, 0.15) is 0 Å². The maximum atomic E-state index is 12.5. The highest BCUT2D eigenvalue weighted by atomic mass is 19.4. The molecule has 2 nitrogen and oxygen atoms in total. The van der Waals surface area contributed by atoms with Crippen LogP contribution in [0.3, 0.4) is 0 Å². The van der Waals surface area contributed by atoms with Crippen molar-refractivity contribution in [3.05, 3.63) is 35.4 Å². The highest BCUT2D eigenvalue weighted by molar-refractivity contribution is 5.25. The Morgan fingerprint density at radius 2 is 1.70 bits per heavy atom. The van der Waals surface area contributed by atoms with Crippen LogP contribution in [0, 0.1) is 0 Å². The highest BCUT2D eigenvalue weighted by Crippen LogP contribution is 2.27. The summed E-state index contributed by atoms with van der Waals surface area (Å²) in [6, 6.07) is 7.56. The Morgan fingerprint density at radius 1 is 1.15 bits per heavy atom. The maximum absolute atomic E-state index is 12.5. The first-order chi connectivity index (χ1) is 9.29. The van der Waals surface area contributed by atoms with E-state index in [0.29, 0.717) is 0 Å². The lowest BCUT2D eigenvalue weighted by molar-refractivity contribution is -0.227. The van der Waals surface area contributed by atoms with Gasteiger partial charge >= 0.3 is 6.18 Å². The van der Waals surface area contributed by atoms with Gasteiger partial charge in [0.2, 0.25) is 0 Å². The van der Waals surface area contributed by atoms with Crippen LogP contribution in [0.4, 0.5) is 13.2 Å². The summed E-state index contributed by atoms with van der Waals surface area (Å²) in [7, 11) is 1.72. The number of likely N-dealkylation sites (N-methyl/N-ethyl adjacent to an activating group) is 1. The average Bonchev–Trinajstić information content (AvgIpc) is 2.39. The minimum atomic E-state index is -4.33. The summed E-state index contributed by atoms with van der Waals surface area (Å²) in [5.74, 6) is 0. The molecule has 5 heteroatoms. The van der Waals surface area contributed by atoms with E-state index in [9.17, 15) is 13.2 Å². The van der Waals surface area contributed by atoms with Gasteiger partial charge in [0, 0.05) is 0 Å². The van der Waals surface area contributed by atoms with Crippen molar-refractivity contribution in [1.29, 1.82) is 0 Å². The predicted octanol–water partition coefficient (Wildman–Crippen LogP) is 3.87. The molecule has 3 unspecified atom stereocenters. The summed E-state index contributed by atoms with van der Waals surface area (Å²) in [6.45, 7) is 4.74. The lowest BCUT2D eigenvalue weighted by atomic mass is 10.00. The highest BCUT2D eigenvalue weighted by Gasteiger charge is 2.38. The van der Waals surface area contributed by atoms with Crippen LogP contribution < -0.4 is 5.32 Å². The molecule has 0 aliphatic rings. The second kappa shape index (κ2) is 7.09. The molecule has 1 aromatic carbocycles. The molecule has 20 heavy (non-hydrogen) atoms. The van der Waals surface area contributed by atoms with Gasteiger partial charge in [-0.1, -0.05) is 31.2 Å². The third kappa shape index (κ3) is 4.49. The van der Waals surface area contributed by atoms with Gasteiger partial charge in [0.25, 0.3) is 0 Å². The largest absolute Gasteiger partial charge is 0.414 e. The first-order valence-electron chi connectivity index (χ1n) is 6.77. The van der Waals surface area contributed by atoms with E-state index in [0.717, 1.165) is 18.9 Å². The number of aryl methyl sites for hydroxylation is 1. The molecule has 0 radical (unpaired) electrons. The number of halogens is 3. The van der Waals surface area contributed by atoms with Crippen molar-refractivity contribution < 1.29 is 17.9 Å². The molecule has 0 bridgehead atoms. The number of alkyl halides is 3. The van der Waals surface area contributed by atoms with Crippen LogP contribution in [0.25, 0.3) is 0 Å². The zero-order valence-electron chi connectivity index (χ0n) is 12.3. The molecule has 1 aromatic rings. The van der Waals surface area contributed by atoms with Gasteiger partial charge < -0.3 is 10.1 Å². The zero-order valence-corrected chi connectivity index (χ0v) is 12.3. The third-order valence-corrected chi connectivity index (χ3v) is 3.41. The molecule has 0 amide bonds. The molecule has 0 spiro atoms. The fourth-order valence-corrected chi connectivity index (χ4v) is 2.11. The maximum Gasteiger partial charge on any atom is 0.414 e. The van der Waals surface area contributed by atoms with Crippen molar-refractivity contribution in [2.24, 2.45) is 0 Å². The monoisotopic (exact) mass is 289 g/mol. The Kier molecular flexibility index (Phi) is 6.02. The molecule has 1 rings (SSSR count). The molecule has 1 N–H and O–H groups in total. The number of benzene rings is 1. The van der Waals surface area contributed by atoms with Gasteiger partial charge in [0.05, 0.1) is 12.1 Å². The van der Waals surface area contributed by atoms with Crippen LogP contribution in [-0.2, 0) is 11.2 Å². The minimum absolute atomic E-state index is 0.272. The molecule has 3 atom stereocenters. The van der Waals surface area contributed by atoms with Crippen LogP contribution in [0.1, 0.15) is 37.9 Å². The minimum Gasteiger partial charge on any atom is -0.364 e. The summed E-state index contributed by atoms with van der Waals surface area (Å²) in [6.07, 6.45) is -5.76. The number of hydrogen-bond acceptors (Lipinski definition) is 2. The van der Waals surface area contributed by atoms with Crippen molar-refractivity contribution >= 4 is 0 Å². The third-order valence-electron chi connectivity index (χ3n) is 3.41. The topological polar surface area (TPSA) is 21.3 Å². The molecule has 0 aliphatic heterocycles. The van der Waals surface area contributed by atoms with Gasteiger partial charge in [0.15, 0.2) is 6.10 Å². The van der Waals surface area contributed by atoms with E-state index in [1.165, 1.54) is 5.56 Å². The first-order valence-corrected chi connectivity index (χ1v) is 6.77. The molecule has 114 valence electrons. The van der Waals surface area contributed by atoms with E-state index >= 15 is 0 Å². The molecule has 0 saturated heterocycles. The van der Waals surface area contributed by atoms with Crippen molar-refractivity contribution in [1.82, 2.24) is 5.32 Å². The smallest absolute Gasteiger partial charge is 0.364 e. The number of rotatable bonds is 6. The lowest BCUT2D eigenvalue weighted by Crippen LogP contribution is -2.37. The Balaban J connectivity index is 2.78. The quantitative estimate of drug-likeness (QED) is 0.858. The van der Waals surface area contributed by atoms with Crippen LogP contribution in [0.2, 0.25) is 0 Å². The summed E-state index contributed by atoms with van der Waals surface area (Å²) in [5.41, 5.74) is 2.12. The number of nitrogens with one attached hydrogen (secondary N) is 1. The number of hydrogen-bond donors (Lipinski definition) is 1. The molecule has 0 heterocycles. The SMILES string of the molecule is CCc1ccc(C(NC)C(C)OC(C)C(F)(F)F)cc1. The van der Waals surface area contributed by atoms with E-state index in [1.54, 1.807) is 14.0 Å². The fraction of sp³-hybridized carbons (Fsp3) is 0.600. The first kappa shape index (κ1) is 17.0. The standard InChI is InChI=1S/C15H22F3NO/c1-5-12-6-8-13(9-7-12)14(19-4)10(2)20-11(3)15(16,17)18/h6-11,14,19H,5H2,1-4H3. The Morgan fingerprint density at radius 3 is 2.10 bits per heavy atom. The Labute approximate surface area is 118 Å². The predicted molar refractivity (Wildman–Crippen MR) is 73.7 cm³/mol. The van der Waals surface area contributed by atoms with Crippen molar-refractivity contribution in [2.45, 2.75) is 51.6 Å². The summed E-state index contributed by atoms with van der Waals surface area (Å²) in [4.78, 5) is 0. The van der Waals surface area contributed by atoms with Gasteiger partial charge in [-0.15, -0.1) is 0 Å². The molecular weight excluding hydrogens is 267 g/mol. The van der Waals surface area contributed by atoms with Crippen molar-refractivity contribution in [3.8, 4) is 0 Å². The second-order valence-electron chi connectivity index (χ2n) is 4.89. The van der Waals surface area contributed by atoms with E-state index in [-0.39, 0.29) is 6.04 Å². The van der Waals surface area contributed by atoms with E-state index in [4.69, 9.17) is 4.74 Å². The molecular formula is C15H22F3NO. The second-order valence-corrected chi connectivity index (χ2v) is 4.89. The average molecular weight is 289 g/mol. The van der Waals surface area contributed by atoms with Crippen LogP contribution in [0.15, 0.2) is 24.3 Å². The van der Waals surface area contributed by atoms with Crippen LogP contribution >= 0.6 is 0 Å². The van der Waals surface area contributed by atoms with E-state index in [1.807, 2.05) is 24.3 Å². The summed E-state index contributed by atoms with van der Waals surface area (Å²) in [5, 5.41) is 3.02. The zero-order chi connectivity index (χ0) is 15.3. The molecule has 0 aromatic heterocycles. The van der Waals surface area contributed by atoms with E-state index < -0.39 is 18.4 Å². The Bertz CT molecular complexity index is 403. The Hall–Kier alpha value is -1.07. The van der Waals surface area contributed by atoms with Crippen molar-refractivity contribution in [2.75, 3.05) is 7.05 Å². The van der Waals surface area contributed by atoms with Gasteiger partial charge in [-0.3, -0.25) is 0 Å². The van der Waals surface area contributed by atoms with Crippen LogP contribution in [0.5, 0.6) is 0 Å². The molecule has 0 aliphatic carbocycles. The van der Waals surface area contributed by atoms with Gasteiger partial charge in [-0.05, 0) is 38.4 Å². The normalized spacial score (nSPS) is 16.8. The molecule has 0 fully saturated rings. The number of ether oxygens (including phenoxy) is 1. The summed E-state index contributed by atoms with van der Waals surface area (Å²) >= 11 is 0. The van der Waals surface area contributed by atoms with Crippen LogP contribution in [-0.4, -0.2) is 25.4 Å². The van der Waals surface area contributed by atoms with Gasteiger partial charge in [-0.2, -0.15) is 13.2 Å². The fourth-order valence-electron chi connectivity index (χ4n) is 2.11. The van der Waals surface area contributed by atoms with Crippen molar-refractivity contribution in [3.63, 3.8) is 0 Å². The summed E-state index contributed by atoms with van der Waals surface area (Å²) < 4.78 is 42.7. The van der Waals surface area contributed by atoms with Gasteiger partial charge in [-0.25, -0.2) is 0 Å². The van der Waals surface area contributed by atoms with E-state index in [2.05, 4.69) is 12.2 Å². The molecule has 0 saturated carbocycles. The lowest BCUT2D eigenvalue weighted by Gasteiger charge is -2.28.